The highest BCUT2D eigenvalue weighted by Crippen LogP contribution is 2.36. The predicted octanol–water partition coefficient (Wildman–Crippen LogP) is 4.80. The highest BCUT2D eigenvalue weighted by Gasteiger charge is 2.30. The van der Waals surface area contributed by atoms with Crippen molar-refractivity contribution < 1.29 is 14.3 Å². The SMILES string of the molecule is O=C(NCc1ccc2c(c1)OCO2)C1CCN(c2nc3ccccc3n2C2CCCCC2)CC1. The number of rotatable bonds is 5. The number of ether oxygens (including phenoxy) is 2. The largest absolute Gasteiger partial charge is 0.454 e. The van der Waals surface area contributed by atoms with Gasteiger partial charge in [0.2, 0.25) is 18.6 Å². The first kappa shape index (κ1) is 21.3. The molecule has 2 aromatic carbocycles. The van der Waals surface area contributed by atoms with Gasteiger partial charge in [-0.3, -0.25) is 4.79 Å². The number of imidazole rings is 1. The van der Waals surface area contributed by atoms with Gasteiger partial charge in [0.1, 0.15) is 0 Å². The maximum atomic E-state index is 12.9. The van der Waals surface area contributed by atoms with Gasteiger partial charge in [0.05, 0.1) is 11.0 Å². The topological polar surface area (TPSA) is 68.6 Å². The number of anilines is 1. The molecule has 0 radical (unpaired) electrons. The fourth-order valence-corrected chi connectivity index (χ4v) is 5.68. The second-order valence-corrected chi connectivity index (χ2v) is 9.73. The summed E-state index contributed by atoms with van der Waals surface area (Å²) in [6, 6.07) is 14.9. The number of aromatic nitrogens is 2. The first-order valence-electron chi connectivity index (χ1n) is 12.6. The quantitative estimate of drug-likeness (QED) is 0.592. The fraction of sp³-hybridized carbons (Fsp3) is 0.481. The molecule has 0 atom stereocenters. The summed E-state index contributed by atoms with van der Waals surface area (Å²) < 4.78 is 13.3. The minimum Gasteiger partial charge on any atom is -0.454 e. The molecular formula is C27H32N4O3. The molecule has 3 aromatic rings. The van der Waals surface area contributed by atoms with Gasteiger partial charge in [0.25, 0.3) is 0 Å². The number of benzene rings is 2. The number of hydrogen-bond acceptors (Lipinski definition) is 5. The number of fused-ring (bicyclic) bond motifs is 2. The minimum atomic E-state index is 0.0396. The third-order valence-corrected chi connectivity index (χ3v) is 7.57. The molecule has 1 saturated heterocycles. The number of nitrogens with zero attached hydrogens (tertiary/aromatic N) is 3. The summed E-state index contributed by atoms with van der Waals surface area (Å²) in [4.78, 5) is 20.3. The van der Waals surface area contributed by atoms with E-state index in [2.05, 4.69) is 39.0 Å². The van der Waals surface area contributed by atoms with E-state index in [0.717, 1.165) is 54.5 Å². The second-order valence-electron chi connectivity index (χ2n) is 9.73. The summed E-state index contributed by atoms with van der Waals surface area (Å²) in [6.45, 7) is 2.49. The van der Waals surface area contributed by atoms with Crippen molar-refractivity contribution in [3.8, 4) is 11.5 Å². The lowest BCUT2D eigenvalue weighted by atomic mass is 9.94. The molecule has 34 heavy (non-hydrogen) atoms. The first-order chi connectivity index (χ1) is 16.8. The van der Waals surface area contributed by atoms with Crippen molar-refractivity contribution in [3.05, 3.63) is 48.0 Å². The zero-order chi connectivity index (χ0) is 22.9. The molecule has 1 aliphatic carbocycles. The summed E-state index contributed by atoms with van der Waals surface area (Å²) in [7, 11) is 0. The molecule has 1 amide bonds. The van der Waals surface area contributed by atoms with Crippen LogP contribution in [0.2, 0.25) is 0 Å². The predicted molar refractivity (Wildman–Crippen MR) is 131 cm³/mol. The second kappa shape index (κ2) is 9.20. The molecule has 2 aliphatic heterocycles. The number of piperidine rings is 1. The van der Waals surface area contributed by atoms with Crippen molar-refractivity contribution in [2.45, 2.75) is 57.5 Å². The van der Waals surface area contributed by atoms with Gasteiger partial charge in [-0.25, -0.2) is 4.98 Å². The highest BCUT2D eigenvalue weighted by molar-refractivity contribution is 5.80. The van der Waals surface area contributed by atoms with Gasteiger partial charge >= 0.3 is 0 Å². The van der Waals surface area contributed by atoms with Crippen LogP contribution in [0.1, 0.15) is 56.6 Å². The van der Waals surface area contributed by atoms with E-state index in [-0.39, 0.29) is 18.6 Å². The molecule has 178 valence electrons. The molecule has 1 saturated carbocycles. The molecule has 3 heterocycles. The first-order valence-corrected chi connectivity index (χ1v) is 12.6. The van der Waals surface area contributed by atoms with Crippen LogP contribution in [-0.4, -0.2) is 35.3 Å². The van der Waals surface area contributed by atoms with Gasteiger partial charge < -0.3 is 24.3 Å². The van der Waals surface area contributed by atoms with Crippen LogP contribution in [0.25, 0.3) is 11.0 Å². The average molecular weight is 461 g/mol. The van der Waals surface area contributed by atoms with Gasteiger partial charge in [-0.1, -0.05) is 37.5 Å². The normalized spacial score (nSPS) is 19.0. The van der Waals surface area contributed by atoms with Gasteiger partial charge in [-0.2, -0.15) is 0 Å². The van der Waals surface area contributed by atoms with Crippen LogP contribution in [0.3, 0.4) is 0 Å². The van der Waals surface area contributed by atoms with Crippen molar-refractivity contribution >= 4 is 22.9 Å². The van der Waals surface area contributed by atoms with Crippen LogP contribution in [0.4, 0.5) is 5.95 Å². The van der Waals surface area contributed by atoms with Gasteiger partial charge in [-0.05, 0) is 55.5 Å². The van der Waals surface area contributed by atoms with Crippen molar-refractivity contribution in [1.29, 1.82) is 0 Å². The number of para-hydroxylation sites is 2. The Hall–Kier alpha value is -3.22. The Labute approximate surface area is 200 Å². The van der Waals surface area contributed by atoms with E-state index >= 15 is 0 Å². The van der Waals surface area contributed by atoms with Crippen LogP contribution in [0.5, 0.6) is 11.5 Å². The van der Waals surface area contributed by atoms with Crippen LogP contribution in [0.15, 0.2) is 42.5 Å². The Kier molecular flexibility index (Phi) is 5.77. The van der Waals surface area contributed by atoms with Crippen molar-refractivity contribution in [2.75, 3.05) is 24.8 Å². The van der Waals surface area contributed by atoms with Crippen LogP contribution in [0, 0.1) is 5.92 Å². The van der Waals surface area contributed by atoms with E-state index in [0.29, 0.717) is 12.6 Å². The van der Waals surface area contributed by atoms with Crippen molar-refractivity contribution in [1.82, 2.24) is 14.9 Å². The summed E-state index contributed by atoms with van der Waals surface area (Å²) in [6.07, 6.45) is 8.08. The highest BCUT2D eigenvalue weighted by atomic mass is 16.7. The van der Waals surface area contributed by atoms with Crippen molar-refractivity contribution in [2.24, 2.45) is 5.92 Å². The number of hydrogen-bond donors (Lipinski definition) is 1. The number of amides is 1. The van der Waals surface area contributed by atoms with Crippen LogP contribution in [-0.2, 0) is 11.3 Å². The lowest BCUT2D eigenvalue weighted by molar-refractivity contribution is -0.125. The summed E-state index contributed by atoms with van der Waals surface area (Å²) >= 11 is 0. The molecule has 6 rings (SSSR count). The maximum absolute atomic E-state index is 12.9. The lowest BCUT2D eigenvalue weighted by Crippen LogP contribution is -2.41. The van der Waals surface area contributed by atoms with Gasteiger partial charge in [0.15, 0.2) is 11.5 Å². The van der Waals surface area contributed by atoms with E-state index in [9.17, 15) is 4.79 Å². The summed E-state index contributed by atoms with van der Waals surface area (Å²) in [5.74, 6) is 2.78. The standard InChI is InChI=1S/C27H32N4O3/c32-26(28-17-19-10-11-24-25(16-19)34-18-33-24)20-12-14-30(15-13-20)27-29-22-8-4-5-9-23(22)31(27)21-6-2-1-3-7-21/h4-5,8-11,16,20-21H,1-3,6-7,12-15,17-18H2,(H,28,32). The van der Waals surface area contributed by atoms with Crippen LogP contribution < -0.4 is 19.7 Å². The monoisotopic (exact) mass is 460 g/mol. The Morgan fingerprint density at radius 2 is 1.76 bits per heavy atom. The van der Waals surface area contributed by atoms with E-state index in [4.69, 9.17) is 14.5 Å². The van der Waals surface area contributed by atoms with Crippen molar-refractivity contribution in [3.63, 3.8) is 0 Å². The molecule has 3 aliphatic rings. The maximum Gasteiger partial charge on any atom is 0.231 e. The molecule has 7 heteroatoms. The summed E-state index contributed by atoms with van der Waals surface area (Å²) in [5, 5.41) is 3.12. The Balaban J connectivity index is 1.11. The van der Waals surface area contributed by atoms with E-state index in [1.54, 1.807) is 0 Å². The smallest absolute Gasteiger partial charge is 0.231 e. The van der Waals surface area contributed by atoms with E-state index < -0.39 is 0 Å². The van der Waals surface area contributed by atoms with Gasteiger partial charge in [-0.15, -0.1) is 0 Å². The molecule has 0 spiro atoms. The van der Waals surface area contributed by atoms with Gasteiger partial charge in [0, 0.05) is 31.6 Å². The fourth-order valence-electron chi connectivity index (χ4n) is 5.68. The molecule has 1 aromatic heterocycles. The lowest BCUT2D eigenvalue weighted by Gasteiger charge is -2.34. The molecular weight excluding hydrogens is 428 g/mol. The third kappa shape index (κ3) is 4.08. The van der Waals surface area contributed by atoms with E-state index in [1.165, 1.54) is 37.6 Å². The summed E-state index contributed by atoms with van der Waals surface area (Å²) in [5.41, 5.74) is 3.34. The molecule has 0 bridgehead atoms. The minimum absolute atomic E-state index is 0.0396. The number of nitrogens with one attached hydrogen (secondary N) is 1. The zero-order valence-electron chi connectivity index (χ0n) is 19.5. The average Bonchev–Trinajstić information content (AvgIpc) is 3.52. The number of carbonyl (C=O) groups is 1. The Morgan fingerprint density at radius 3 is 2.62 bits per heavy atom. The molecule has 2 fully saturated rings. The van der Waals surface area contributed by atoms with Crippen LogP contribution >= 0.6 is 0 Å². The van der Waals surface area contributed by atoms with E-state index in [1.807, 2.05) is 18.2 Å². The number of carbonyl (C=O) groups excluding carboxylic acids is 1. The Bertz CT molecular complexity index is 1180. The third-order valence-electron chi connectivity index (χ3n) is 7.57. The molecule has 1 N–H and O–H groups in total. The zero-order valence-corrected chi connectivity index (χ0v) is 19.5. The molecule has 7 nitrogen and oxygen atoms in total. The molecule has 0 unspecified atom stereocenters. The Morgan fingerprint density at radius 1 is 0.971 bits per heavy atom.